The van der Waals surface area contributed by atoms with E-state index in [0.29, 0.717) is 6.07 Å². The number of aliphatic carboxylic acids is 1. The third kappa shape index (κ3) is 5.56. The number of alkyl halides is 3. The largest absolute Gasteiger partial charge is 0.573 e. The highest BCUT2D eigenvalue weighted by Gasteiger charge is 2.31. The predicted molar refractivity (Wildman–Crippen MR) is 115 cm³/mol. The molecule has 1 amide bonds. The molecule has 13 heteroatoms. The van der Waals surface area contributed by atoms with E-state index in [-0.39, 0.29) is 28.8 Å². The number of fused-ring (bicyclic) bond motifs is 1. The Kier molecular flexibility index (Phi) is 7.22. The topological polar surface area (TPSA) is 118 Å². The number of carbonyl (C=O) groups is 3. The molecule has 0 bridgehead atoms. The summed E-state index contributed by atoms with van der Waals surface area (Å²) in [5.74, 6) is -7.51. The van der Waals surface area contributed by atoms with Gasteiger partial charge in [-0.1, -0.05) is 0 Å². The number of carboxylic acid groups (broad SMARTS) is 1. The summed E-state index contributed by atoms with van der Waals surface area (Å²) < 4.78 is 70.9. The van der Waals surface area contributed by atoms with Gasteiger partial charge in [0.25, 0.3) is 5.91 Å². The summed E-state index contributed by atoms with van der Waals surface area (Å²) in [5.41, 5.74) is -0.578. The standard InChI is InChI=1S/C23H19F5N2O6/c1-10(7-18(32)33)29-17(31)8-14-11(2)30(16-9-15(24)21(34)20(25)19(14)16)22(35)12-3-5-13(6-4-12)36-23(26,27)28/h3-6,9-10,34H,7-8H2,1-2H3,(H,29,31)(H,32,33). The van der Waals surface area contributed by atoms with Gasteiger partial charge in [0, 0.05) is 28.8 Å². The normalized spacial score (nSPS) is 12.4. The van der Waals surface area contributed by atoms with Crippen LogP contribution in [-0.4, -0.2) is 45.0 Å². The number of halogens is 5. The summed E-state index contributed by atoms with van der Waals surface area (Å²) in [6.45, 7) is 2.76. The highest BCUT2D eigenvalue weighted by molar-refractivity contribution is 6.05. The third-order valence-corrected chi connectivity index (χ3v) is 5.25. The van der Waals surface area contributed by atoms with Crippen LogP contribution < -0.4 is 10.1 Å². The molecule has 1 heterocycles. The Bertz CT molecular complexity index is 1350. The molecular formula is C23H19F5N2O6. The number of nitrogens with zero attached hydrogens (tertiary/aromatic N) is 1. The molecule has 0 aliphatic heterocycles. The summed E-state index contributed by atoms with van der Waals surface area (Å²) in [4.78, 5) is 36.5. The number of aromatic hydroxyl groups is 1. The third-order valence-electron chi connectivity index (χ3n) is 5.25. The number of phenolic OH excluding ortho intramolecular Hbond substituents is 1. The summed E-state index contributed by atoms with van der Waals surface area (Å²) in [6, 6.07) is 3.70. The van der Waals surface area contributed by atoms with Gasteiger partial charge in [-0.2, -0.15) is 0 Å². The zero-order chi connectivity index (χ0) is 26.9. The van der Waals surface area contributed by atoms with Crippen LogP contribution in [0.5, 0.6) is 11.5 Å². The Morgan fingerprint density at radius 2 is 1.75 bits per heavy atom. The molecule has 0 aliphatic rings. The van der Waals surface area contributed by atoms with Crippen molar-refractivity contribution in [2.45, 2.75) is 39.1 Å². The van der Waals surface area contributed by atoms with E-state index in [4.69, 9.17) is 5.11 Å². The van der Waals surface area contributed by atoms with Gasteiger partial charge in [0.2, 0.25) is 5.91 Å². The maximum atomic E-state index is 14.9. The average molecular weight is 514 g/mol. The van der Waals surface area contributed by atoms with Crippen molar-refractivity contribution in [3.05, 3.63) is 58.8 Å². The number of rotatable bonds is 7. The fraction of sp³-hybridized carbons (Fsp3) is 0.261. The number of carboxylic acids is 1. The Labute approximate surface area is 199 Å². The highest BCUT2D eigenvalue weighted by atomic mass is 19.4. The van der Waals surface area contributed by atoms with Crippen molar-refractivity contribution in [1.29, 1.82) is 0 Å². The number of nitrogens with one attached hydrogen (secondary N) is 1. The lowest BCUT2D eigenvalue weighted by molar-refractivity contribution is -0.274. The molecular weight excluding hydrogens is 495 g/mol. The Balaban J connectivity index is 2.06. The number of amides is 1. The van der Waals surface area contributed by atoms with Crippen LogP contribution in [0.4, 0.5) is 22.0 Å². The molecule has 8 nitrogen and oxygen atoms in total. The van der Waals surface area contributed by atoms with Crippen molar-refractivity contribution in [3.63, 3.8) is 0 Å². The van der Waals surface area contributed by atoms with E-state index < -0.39 is 65.1 Å². The number of benzene rings is 2. The number of hydrogen-bond donors (Lipinski definition) is 3. The maximum absolute atomic E-state index is 14.9. The van der Waals surface area contributed by atoms with Crippen molar-refractivity contribution >= 4 is 28.7 Å². The molecule has 0 aliphatic carbocycles. The first-order chi connectivity index (χ1) is 16.7. The van der Waals surface area contributed by atoms with Crippen molar-refractivity contribution in [2.75, 3.05) is 0 Å². The lowest BCUT2D eigenvalue weighted by atomic mass is 10.1. The molecule has 1 unspecified atom stereocenters. The van der Waals surface area contributed by atoms with Gasteiger partial charge in [-0.3, -0.25) is 19.0 Å². The number of hydrogen-bond acceptors (Lipinski definition) is 5. The molecule has 3 rings (SSSR count). The Morgan fingerprint density at radius 3 is 2.31 bits per heavy atom. The number of aromatic nitrogens is 1. The zero-order valence-electron chi connectivity index (χ0n) is 18.7. The highest BCUT2D eigenvalue weighted by Crippen LogP contribution is 2.35. The molecule has 192 valence electrons. The van der Waals surface area contributed by atoms with E-state index in [1.165, 1.54) is 13.8 Å². The fourth-order valence-corrected chi connectivity index (χ4v) is 3.76. The predicted octanol–water partition coefficient (Wildman–Crippen LogP) is 4.04. The fourth-order valence-electron chi connectivity index (χ4n) is 3.76. The second kappa shape index (κ2) is 9.84. The van der Waals surface area contributed by atoms with Gasteiger partial charge in [-0.25, -0.2) is 8.78 Å². The minimum atomic E-state index is -4.95. The Hall–Kier alpha value is -4.16. The molecule has 0 radical (unpaired) electrons. The summed E-state index contributed by atoms with van der Waals surface area (Å²) in [7, 11) is 0. The number of phenols is 1. The van der Waals surface area contributed by atoms with Crippen LogP contribution in [0.25, 0.3) is 10.9 Å². The molecule has 36 heavy (non-hydrogen) atoms. The van der Waals surface area contributed by atoms with Gasteiger partial charge in [0.05, 0.1) is 18.4 Å². The molecule has 1 atom stereocenters. The summed E-state index contributed by atoms with van der Waals surface area (Å²) in [6.07, 6.45) is -5.89. The lowest BCUT2D eigenvalue weighted by Gasteiger charge is -2.12. The first-order valence-electron chi connectivity index (χ1n) is 10.3. The van der Waals surface area contributed by atoms with Gasteiger partial charge in [0.1, 0.15) is 5.75 Å². The monoisotopic (exact) mass is 514 g/mol. The van der Waals surface area contributed by atoms with Crippen molar-refractivity contribution in [1.82, 2.24) is 9.88 Å². The van der Waals surface area contributed by atoms with Gasteiger partial charge >= 0.3 is 12.3 Å². The zero-order valence-corrected chi connectivity index (χ0v) is 18.7. The van der Waals surface area contributed by atoms with Crippen LogP contribution >= 0.6 is 0 Å². The van der Waals surface area contributed by atoms with Crippen LogP contribution in [0.3, 0.4) is 0 Å². The first-order valence-corrected chi connectivity index (χ1v) is 10.3. The van der Waals surface area contributed by atoms with Crippen LogP contribution in [-0.2, 0) is 16.0 Å². The molecule has 0 fully saturated rings. The number of carbonyl (C=O) groups excluding carboxylic acids is 2. The van der Waals surface area contributed by atoms with E-state index >= 15 is 0 Å². The Morgan fingerprint density at radius 1 is 1.14 bits per heavy atom. The second-order valence-corrected chi connectivity index (χ2v) is 7.94. The molecule has 1 aromatic heterocycles. The average Bonchev–Trinajstić information content (AvgIpc) is 3.01. The van der Waals surface area contributed by atoms with Crippen molar-refractivity contribution in [3.8, 4) is 11.5 Å². The second-order valence-electron chi connectivity index (χ2n) is 7.94. The van der Waals surface area contributed by atoms with E-state index in [1.807, 2.05) is 0 Å². The molecule has 3 N–H and O–H groups in total. The van der Waals surface area contributed by atoms with Crippen LogP contribution in [0.15, 0.2) is 30.3 Å². The molecule has 3 aromatic rings. The molecule has 0 saturated carbocycles. The van der Waals surface area contributed by atoms with E-state index in [9.17, 15) is 41.4 Å². The van der Waals surface area contributed by atoms with Gasteiger partial charge in [-0.15, -0.1) is 13.2 Å². The number of ether oxygens (including phenoxy) is 1. The van der Waals surface area contributed by atoms with Gasteiger partial charge in [0.15, 0.2) is 17.4 Å². The van der Waals surface area contributed by atoms with E-state index in [1.54, 1.807) is 0 Å². The maximum Gasteiger partial charge on any atom is 0.573 e. The van der Waals surface area contributed by atoms with E-state index in [0.717, 1.165) is 28.8 Å². The van der Waals surface area contributed by atoms with Crippen LogP contribution in [0.1, 0.15) is 35.0 Å². The van der Waals surface area contributed by atoms with Crippen molar-refractivity contribution in [2.24, 2.45) is 0 Å². The summed E-state index contributed by atoms with van der Waals surface area (Å²) >= 11 is 0. The first kappa shape index (κ1) is 26.4. The minimum Gasteiger partial charge on any atom is -0.503 e. The van der Waals surface area contributed by atoms with Gasteiger partial charge in [-0.05, 0) is 43.7 Å². The molecule has 0 spiro atoms. The minimum absolute atomic E-state index is 0.00412. The molecule has 0 saturated heterocycles. The smallest absolute Gasteiger partial charge is 0.503 e. The lowest BCUT2D eigenvalue weighted by Crippen LogP contribution is -2.35. The van der Waals surface area contributed by atoms with Crippen LogP contribution in [0, 0.1) is 18.6 Å². The summed E-state index contributed by atoms with van der Waals surface area (Å²) in [5, 5.41) is 20.6. The van der Waals surface area contributed by atoms with Crippen molar-refractivity contribution < 1.29 is 51.3 Å². The van der Waals surface area contributed by atoms with Gasteiger partial charge < -0.3 is 20.3 Å². The SMILES string of the molecule is Cc1c(CC(=O)NC(C)CC(=O)O)c2c(F)c(O)c(F)cc2n1C(=O)c1ccc(OC(F)(F)F)cc1. The quantitative estimate of drug-likeness (QED) is 0.410. The molecule has 2 aromatic carbocycles. The van der Waals surface area contributed by atoms with Crippen LogP contribution in [0.2, 0.25) is 0 Å². The van der Waals surface area contributed by atoms with E-state index in [2.05, 4.69) is 10.1 Å².